The van der Waals surface area contributed by atoms with E-state index in [1.54, 1.807) is 12.1 Å². The number of hydrogen-bond donors (Lipinski definition) is 0. The van der Waals surface area contributed by atoms with Crippen molar-refractivity contribution in [1.29, 1.82) is 0 Å². The van der Waals surface area contributed by atoms with Gasteiger partial charge in [-0.05, 0) is 54.4 Å². The zero-order valence-corrected chi connectivity index (χ0v) is 13.2. The summed E-state index contributed by atoms with van der Waals surface area (Å²) in [6, 6.07) is 12.8. The minimum absolute atomic E-state index is 0.193. The molecule has 0 saturated heterocycles. The van der Waals surface area contributed by atoms with Gasteiger partial charge in [-0.2, -0.15) is 0 Å². The van der Waals surface area contributed by atoms with E-state index in [0.717, 1.165) is 19.3 Å². The van der Waals surface area contributed by atoms with Gasteiger partial charge in [0, 0.05) is 4.83 Å². The number of halogens is 3. The fraction of sp³-hybridized carbons (Fsp3) is 0.333. The van der Waals surface area contributed by atoms with Gasteiger partial charge in [0.25, 0.3) is 0 Å². The number of aryl methyl sites for hydroxylation is 1. The molecule has 0 spiro atoms. The van der Waals surface area contributed by atoms with E-state index in [1.165, 1.54) is 17.2 Å². The number of benzene rings is 2. The summed E-state index contributed by atoms with van der Waals surface area (Å²) in [4.78, 5) is 0.193. The van der Waals surface area contributed by atoms with Crippen LogP contribution in [0.5, 0.6) is 0 Å². The Balaban J connectivity index is 1.88. The topological polar surface area (TPSA) is 0 Å². The summed E-state index contributed by atoms with van der Waals surface area (Å²) in [7, 11) is 0. The van der Waals surface area contributed by atoms with Crippen LogP contribution in [0.25, 0.3) is 0 Å². The van der Waals surface area contributed by atoms with Crippen molar-refractivity contribution in [3.05, 3.63) is 70.8 Å². The molecule has 1 aliphatic rings. The summed E-state index contributed by atoms with van der Waals surface area (Å²) in [6.07, 6.45) is 3.72. The molecule has 0 amide bonds. The number of rotatable bonds is 2. The van der Waals surface area contributed by atoms with E-state index in [4.69, 9.17) is 0 Å². The van der Waals surface area contributed by atoms with E-state index in [1.807, 2.05) is 6.07 Å². The summed E-state index contributed by atoms with van der Waals surface area (Å²) >= 11 is 3.79. The molecule has 0 radical (unpaired) electrons. The van der Waals surface area contributed by atoms with E-state index in [0.29, 0.717) is 12.0 Å². The molecular weight excluding hydrogens is 334 g/mol. The molecule has 0 N–H and O–H groups in total. The van der Waals surface area contributed by atoms with Crippen LogP contribution in [0.3, 0.4) is 0 Å². The molecule has 1 aliphatic carbocycles. The van der Waals surface area contributed by atoms with E-state index < -0.39 is 11.6 Å². The van der Waals surface area contributed by atoms with Gasteiger partial charge >= 0.3 is 0 Å². The van der Waals surface area contributed by atoms with Crippen LogP contribution in [0.2, 0.25) is 0 Å². The quantitative estimate of drug-likeness (QED) is 0.488. The van der Waals surface area contributed by atoms with Gasteiger partial charge in [0.1, 0.15) is 0 Å². The van der Waals surface area contributed by atoms with Gasteiger partial charge < -0.3 is 0 Å². The van der Waals surface area contributed by atoms with Crippen molar-refractivity contribution in [2.75, 3.05) is 0 Å². The summed E-state index contributed by atoms with van der Waals surface area (Å²) in [5.41, 5.74) is 3.13. The largest absolute Gasteiger partial charge is 0.204 e. The lowest BCUT2D eigenvalue weighted by molar-refractivity contribution is 0.447. The Kier molecular flexibility index (Phi) is 4.39. The van der Waals surface area contributed by atoms with Crippen molar-refractivity contribution < 1.29 is 8.78 Å². The fourth-order valence-electron chi connectivity index (χ4n) is 3.18. The molecule has 2 unspecified atom stereocenters. The molecule has 3 rings (SSSR count). The second-order valence-electron chi connectivity index (χ2n) is 5.67. The molecule has 2 aromatic rings. The number of hydrogen-bond acceptors (Lipinski definition) is 0. The monoisotopic (exact) mass is 350 g/mol. The third-order valence-corrected chi connectivity index (χ3v) is 5.54. The van der Waals surface area contributed by atoms with Gasteiger partial charge in [0.05, 0.1) is 0 Å². The zero-order chi connectivity index (χ0) is 14.8. The Morgan fingerprint density at radius 3 is 2.71 bits per heavy atom. The molecule has 0 aromatic heterocycles. The molecule has 2 atom stereocenters. The fourth-order valence-corrected chi connectivity index (χ4v) is 4.08. The molecule has 0 saturated carbocycles. The molecule has 2 aromatic carbocycles. The Morgan fingerprint density at radius 2 is 1.86 bits per heavy atom. The van der Waals surface area contributed by atoms with Crippen molar-refractivity contribution >= 4 is 15.9 Å². The third-order valence-electron chi connectivity index (χ3n) is 4.30. The van der Waals surface area contributed by atoms with E-state index in [-0.39, 0.29) is 10.7 Å². The average molecular weight is 351 g/mol. The van der Waals surface area contributed by atoms with Gasteiger partial charge in [-0.3, -0.25) is 0 Å². The Bertz CT molecular complexity index is 639. The lowest BCUT2D eigenvalue weighted by Crippen LogP contribution is -2.11. The summed E-state index contributed by atoms with van der Waals surface area (Å²) < 4.78 is 27.3. The Labute approximate surface area is 132 Å². The van der Waals surface area contributed by atoms with Gasteiger partial charge in [-0.1, -0.05) is 52.3 Å². The Morgan fingerprint density at radius 1 is 1.05 bits per heavy atom. The predicted molar refractivity (Wildman–Crippen MR) is 84.6 cm³/mol. The molecular formula is C18H17BrF2. The average Bonchev–Trinajstić information content (AvgIpc) is 2.65. The van der Waals surface area contributed by atoms with Crippen molar-refractivity contribution in [1.82, 2.24) is 0 Å². The molecule has 0 fully saturated rings. The van der Waals surface area contributed by atoms with Crippen molar-refractivity contribution in [2.24, 2.45) is 5.92 Å². The maximum absolute atomic E-state index is 13.9. The van der Waals surface area contributed by atoms with E-state index in [2.05, 4.69) is 34.1 Å². The number of fused-ring (bicyclic) bond motifs is 1. The predicted octanol–water partition coefficient (Wildman–Crippen LogP) is 5.60. The van der Waals surface area contributed by atoms with Crippen LogP contribution >= 0.6 is 15.9 Å². The first kappa shape index (κ1) is 14.7. The van der Waals surface area contributed by atoms with Crippen molar-refractivity contribution in [3.8, 4) is 0 Å². The highest BCUT2D eigenvalue weighted by Gasteiger charge is 2.26. The smallest absolute Gasteiger partial charge is 0.162 e. The van der Waals surface area contributed by atoms with Crippen LogP contribution in [0.1, 0.15) is 34.4 Å². The lowest BCUT2D eigenvalue weighted by atomic mass is 9.90. The first-order chi connectivity index (χ1) is 10.2. The van der Waals surface area contributed by atoms with Crippen LogP contribution in [0.15, 0.2) is 42.5 Å². The van der Waals surface area contributed by atoms with Gasteiger partial charge in [-0.15, -0.1) is 0 Å². The van der Waals surface area contributed by atoms with Crippen LogP contribution < -0.4 is 0 Å². The highest BCUT2D eigenvalue weighted by molar-refractivity contribution is 9.09. The minimum atomic E-state index is -0.757. The molecule has 0 bridgehead atoms. The lowest BCUT2D eigenvalue weighted by Gasteiger charge is -2.22. The normalized spacial score (nSPS) is 21.7. The minimum Gasteiger partial charge on any atom is -0.204 e. The SMILES string of the molecule is Fc1cccc(CC2CCCc3ccccc3C2Br)c1F. The molecule has 21 heavy (non-hydrogen) atoms. The van der Waals surface area contributed by atoms with Crippen molar-refractivity contribution in [3.63, 3.8) is 0 Å². The standard InChI is InChI=1S/C18H17BrF2/c19-17-13(11-14-8-4-10-16(20)18(14)21)7-3-6-12-5-1-2-9-15(12)17/h1-2,4-5,8-10,13,17H,3,6-7,11H2. The van der Waals surface area contributed by atoms with Crippen LogP contribution in [0.4, 0.5) is 8.78 Å². The summed E-state index contributed by atoms with van der Waals surface area (Å²) in [5.74, 6) is -1.17. The highest BCUT2D eigenvalue weighted by Crippen LogP contribution is 2.41. The molecule has 0 nitrogen and oxygen atoms in total. The van der Waals surface area contributed by atoms with E-state index >= 15 is 0 Å². The molecule has 0 aliphatic heterocycles. The van der Waals surface area contributed by atoms with E-state index in [9.17, 15) is 8.78 Å². The molecule has 110 valence electrons. The third kappa shape index (κ3) is 3.03. The van der Waals surface area contributed by atoms with Gasteiger partial charge in [0.2, 0.25) is 0 Å². The van der Waals surface area contributed by atoms with Crippen LogP contribution in [-0.2, 0) is 12.8 Å². The molecule has 0 heterocycles. The highest BCUT2D eigenvalue weighted by atomic mass is 79.9. The Hall–Kier alpha value is -1.22. The van der Waals surface area contributed by atoms with Gasteiger partial charge in [0.15, 0.2) is 11.6 Å². The first-order valence-corrected chi connectivity index (χ1v) is 8.23. The number of alkyl halides is 1. The van der Waals surface area contributed by atoms with Crippen LogP contribution in [-0.4, -0.2) is 0 Å². The molecule has 3 heteroatoms. The van der Waals surface area contributed by atoms with Crippen molar-refractivity contribution in [2.45, 2.75) is 30.5 Å². The summed E-state index contributed by atoms with van der Waals surface area (Å²) in [5, 5.41) is 0. The maximum Gasteiger partial charge on any atom is 0.162 e. The van der Waals surface area contributed by atoms with Crippen LogP contribution in [0, 0.1) is 17.6 Å². The maximum atomic E-state index is 13.9. The first-order valence-electron chi connectivity index (χ1n) is 7.31. The second kappa shape index (κ2) is 6.27. The zero-order valence-electron chi connectivity index (χ0n) is 11.7. The van der Waals surface area contributed by atoms with Gasteiger partial charge in [-0.25, -0.2) is 8.78 Å². The second-order valence-corrected chi connectivity index (χ2v) is 6.66. The summed E-state index contributed by atoms with van der Waals surface area (Å²) in [6.45, 7) is 0.